The first-order valence-electron chi connectivity index (χ1n) is 6.88. The van der Waals surface area contributed by atoms with Gasteiger partial charge in [-0.3, -0.25) is 4.99 Å². The molecule has 106 valence electrons. The van der Waals surface area contributed by atoms with Crippen LogP contribution in [0.5, 0.6) is 0 Å². The fourth-order valence-electron chi connectivity index (χ4n) is 1.56. The highest BCUT2D eigenvalue weighted by Crippen LogP contribution is 2.27. The van der Waals surface area contributed by atoms with Gasteiger partial charge >= 0.3 is 0 Å². The standard InChI is InChI=1S/C13H27N3O2/c1-14-13(16-11-12-5-6-12)15-7-3-4-8-18-10-9-17-2/h12H,3-11H2,1-2H3,(H2,14,15,16). The summed E-state index contributed by atoms with van der Waals surface area (Å²) in [5.74, 6) is 1.79. The Morgan fingerprint density at radius 3 is 2.67 bits per heavy atom. The van der Waals surface area contributed by atoms with Crippen molar-refractivity contribution in [1.29, 1.82) is 0 Å². The van der Waals surface area contributed by atoms with Crippen LogP contribution in [-0.2, 0) is 9.47 Å². The lowest BCUT2D eigenvalue weighted by molar-refractivity contribution is 0.0689. The van der Waals surface area contributed by atoms with Gasteiger partial charge in [-0.05, 0) is 31.6 Å². The maximum atomic E-state index is 5.40. The molecule has 0 aromatic rings. The number of nitrogens with zero attached hydrogens (tertiary/aromatic N) is 1. The Bertz CT molecular complexity index is 230. The van der Waals surface area contributed by atoms with E-state index in [1.54, 1.807) is 7.11 Å². The van der Waals surface area contributed by atoms with Crippen LogP contribution in [0.4, 0.5) is 0 Å². The van der Waals surface area contributed by atoms with Crippen molar-refractivity contribution in [3.8, 4) is 0 Å². The van der Waals surface area contributed by atoms with E-state index in [1.165, 1.54) is 12.8 Å². The summed E-state index contributed by atoms with van der Waals surface area (Å²) in [6.07, 6.45) is 4.89. The monoisotopic (exact) mass is 257 g/mol. The normalized spacial score (nSPS) is 15.8. The van der Waals surface area contributed by atoms with Gasteiger partial charge in [-0.15, -0.1) is 0 Å². The second-order valence-electron chi connectivity index (χ2n) is 4.64. The van der Waals surface area contributed by atoms with Crippen LogP contribution in [0.15, 0.2) is 4.99 Å². The summed E-state index contributed by atoms with van der Waals surface area (Å²) < 4.78 is 10.3. The Morgan fingerprint density at radius 1 is 1.17 bits per heavy atom. The van der Waals surface area contributed by atoms with Crippen LogP contribution in [0, 0.1) is 5.92 Å². The molecule has 0 radical (unpaired) electrons. The van der Waals surface area contributed by atoms with Gasteiger partial charge in [-0.1, -0.05) is 0 Å². The van der Waals surface area contributed by atoms with Gasteiger partial charge in [0.15, 0.2) is 5.96 Å². The molecule has 1 rings (SSSR count). The molecule has 0 amide bonds. The highest BCUT2D eigenvalue weighted by Gasteiger charge is 2.20. The molecule has 0 heterocycles. The van der Waals surface area contributed by atoms with Crippen molar-refractivity contribution in [3.63, 3.8) is 0 Å². The van der Waals surface area contributed by atoms with E-state index in [2.05, 4.69) is 15.6 Å². The van der Waals surface area contributed by atoms with E-state index < -0.39 is 0 Å². The number of nitrogens with one attached hydrogen (secondary N) is 2. The van der Waals surface area contributed by atoms with E-state index in [9.17, 15) is 0 Å². The predicted octanol–water partition coefficient (Wildman–Crippen LogP) is 1.00. The molecule has 0 aromatic carbocycles. The van der Waals surface area contributed by atoms with Crippen LogP contribution >= 0.6 is 0 Å². The molecule has 0 atom stereocenters. The number of methoxy groups -OCH3 is 1. The number of hydrogen-bond acceptors (Lipinski definition) is 3. The van der Waals surface area contributed by atoms with Crippen LogP contribution in [0.2, 0.25) is 0 Å². The molecule has 1 fully saturated rings. The van der Waals surface area contributed by atoms with Crippen LogP contribution in [-0.4, -0.2) is 53.0 Å². The minimum absolute atomic E-state index is 0.677. The Hall–Kier alpha value is -0.810. The first kappa shape index (κ1) is 15.2. The minimum atomic E-state index is 0.677. The van der Waals surface area contributed by atoms with Crippen molar-refractivity contribution in [2.24, 2.45) is 10.9 Å². The molecule has 1 aliphatic carbocycles. The molecule has 0 bridgehead atoms. The lowest BCUT2D eigenvalue weighted by Gasteiger charge is -2.11. The summed E-state index contributed by atoms with van der Waals surface area (Å²) in [6, 6.07) is 0. The number of ether oxygens (including phenoxy) is 2. The summed E-state index contributed by atoms with van der Waals surface area (Å²) in [4.78, 5) is 4.19. The van der Waals surface area contributed by atoms with Crippen molar-refractivity contribution in [2.45, 2.75) is 25.7 Å². The lowest BCUT2D eigenvalue weighted by Crippen LogP contribution is -2.38. The molecule has 5 heteroatoms. The summed E-state index contributed by atoms with van der Waals surface area (Å²) in [5, 5.41) is 6.65. The Labute approximate surface area is 110 Å². The van der Waals surface area contributed by atoms with E-state index in [0.29, 0.717) is 13.2 Å². The second kappa shape index (κ2) is 10.1. The molecule has 5 nitrogen and oxygen atoms in total. The number of unbranched alkanes of at least 4 members (excludes halogenated alkanes) is 1. The smallest absolute Gasteiger partial charge is 0.190 e. The van der Waals surface area contributed by atoms with Crippen LogP contribution in [0.3, 0.4) is 0 Å². The van der Waals surface area contributed by atoms with Gasteiger partial charge in [-0.25, -0.2) is 0 Å². The van der Waals surface area contributed by atoms with Crippen molar-refractivity contribution in [2.75, 3.05) is 47.1 Å². The lowest BCUT2D eigenvalue weighted by atomic mass is 10.3. The first-order valence-corrected chi connectivity index (χ1v) is 6.88. The summed E-state index contributed by atoms with van der Waals surface area (Å²) in [5.41, 5.74) is 0. The first-order chi connectivity index (χ1) is 8.86. The van der Waals surface area contributed by atoms with Crippen LogP contribution in [0.1, 0.15) is 25.7 Å². The third-order valence-corrected chi connectivity index (χ3v) is 2.92. The van der Waals surface area contributed by atoms with Crippen molar-refractivity contribution < 1.29 is 9.47 Å². The third kappa shape index (κ3) is 8.31. The van der Waals surface area contributed by atoms with Crippen molar-refractivity contribution in [3.05, 3.63) is 0 Å². The Morgan fingerprint density at radius 2 is 2.00 bits per heavy atom. The molecule has 0 saturated heterocycles. The molecular weight excluding hydrogens is 230 g/mol. The number of hydrogen-bond donors (Lipinski definition) is 2. The minimum Gasteiger partial charge on any atom is -0.382 e. The quantitative estimate of drug-likeness (QED) is 0.348. The predicted molar refractivity (Wildman–Crippen MR) is 74.0 cm³/mol. The number of guanidine groups is 1. The maximum absolute atomic E-state index is 5.40. The fourth-order valence-corrected chi connectivity index (χ4v) is 1.56. The van der Waals surface area contributed by atoms with Gasteiger partial charge in [0, 0.05) is 33.9 Å². The zero-order chi connectivity index (χ0) is 13.1. The molecule has 18 heavy (non-hydrogen) atoms. The average molecular weight is 257 g/mol. The van der Waals surface area contributed by atoms with Crippen LogP contribution in [0.25, 0.3) is 0 Å². The molecule has 0 aromatic heterocycles. The van der Waals surface area contributed by atoms with E-state index in [4.69, 9.17) is 9.47 Å². The molecule has 1 aliphatic rings. The van der Waals surface area contributed by atoms with E-state index in [0.717, 1.165) is 44.4 Å². The Kier molecular flexibility index (Phi) is 8.59. The van der Waals surface area contributed by atoms with Gasteiger partial charge in [0.2, 0.25) is 0 Å². The summed E-state index contributed by atoms with van der Waals surface area (Å²) in [7, 11) is 3.50. The Balaban J connectivity index is 1.85. The van der Waals surface area contributed by atoms with Crippen molar-refractivity contribution >= 4 is 5.96 Å². The third-order valence-electron chi connectivity index (χ3n) is 2.92. The van der Waals surface area contributed by atoms with Crippen LogP contribution < -0.4 is 10.6 Å². The summed E-state index contributed by atoms with van der Waals surface area (Å²) in [6.45, 7) is 4.17. The molecule has 0 spiro atoms. The highest BCUT2D eigenvalue weighted by molar-refractivity contribution is 5.79. The molecule has 1 saturated carbocycles. The van der Waals surface area contributed by atoms with E-state index >= 15 is 0 Å². The van der Waals surface area contributed by atoms with E-state index in [1.807, 2.05) is 7.05 Å². The number of aliphatic imine (C=N–C) groups is 1. The number of rotatable bonds is 10. The average Bonchev–Trinajstić information content (AvgIpc) is 3.20. The molecule has 2 N–H and O–H groups in total. The topological polar surface area (TPSA) is 54.9 Å². The van der Waals surface area contributed by atoms with Gasteiger partial charge in [-0.2, -0.15) is 0 Å². The molecule has 0 unspecified atom stereocenters. The van der Waals surface area contributed by atoms with Gasteiger partial charge < -0.3 is 20.1 Å². The van der Waals surface area contributed by atoms with Gasteiger partial charge in [0.25, 0.3) is 0 Å². The molecular formula is C13H27N3O2. The highest BCUT2D eigenvalue weighted by atomic mass is 16.5. The zero-order valence-corrected chi connectivity index (χ0v) is 11.7. The largest absolute Gasteiger partial charge is 0.382 e. The maximum Gasteiger partial charge on any atom is 0.190 e. The fraction of sp³-hybridized carbons (Fsp3) is 0.923. The second-order valence-corrected chi connectivity index (χ2v) is 4.64. The van der Waals surface area contributed by atoms with Gasteiger partial charge in [0.1, 0.15) is 0 Å². The van der Waals surface area contributed by atoms with Gasteiger partial charge in [0.05, 0.1) is 13.2 Å². The summed E-state index contributed by atoms with van der Waals surface area (Å²) >= 11 is 0. The SMILES string of the molecule is CN=C(NCCCCOCCOC)NCC1CC1. The van der Waals surface area contributed by atoms with Crippen molar-refractivity contribution in [1.82, 2.24) is 10.6 Å². The molecule has 0 aliphatic heterocycles. The zero-order valence-electron chi connectivity index (χ0n) is 11.7. The van der Waals surface area contributed by atoms with E-state index in [-0.39, 0.29) is 0 Å².